The Balaban J connectivity index is 2.51. The molecule has 0 bridgehead atoms. The first-order valence-electron chi connectivity index (χ1n) is 5.99. The second-order valence-electron chi connectivity index (χ2n) is 4.34. The van der Waals surface area contributed by atoms with Gasteiger partial charge in [-0.05, 0) is 0 Å². The Morgan fingerprint density at radius 3 is 2.26 bits per heavy atom. The van der Waals surface area contributed by atoms with Gasteiger partial charge < -0.3 is 39.4 Å². The van der Waals surface area contributed by atoms with Crippen molar-refractivity contribution in [3.63, 3.8) is 0 Å². The van der Waals surface area contributed by atoms with Crippen molar-refractivity contribution < 1.29 is 39.4 Å². The Bertz CT molecular complexity index is 249. The van der Waals surface area contributed by atoms with Gasteiger partial charge in [-0.1, -0.05) is 0 Å². The Morgan fingerprint density at radius 2 is 1.74 bits per heavy atom. The molecule has 0 aromatic carbocycles. The van der Waals surface area contributed by atoms with E-state index < -0.39 is 37.3 Å². The minimum atomic E-state index is -1.45. The van der Waals surface area contributed by atoms with Crippen molar-refractivity contribution in [3.05, 3.63) is 0 Å². The van der Waals surface area contributed by atoms with E-state index in [2.05, 4.69) is 0 Å². The molecular weight excluding hydrogens is 260 g/mol. The van der Waals surface area contributed by atoms with E-state index in [9.17, 15) is 15.3 Å². The van der Waals surface area contributed by atoms with Crippen LogP contribution in [0.3, 0.4) is 0 Å². The standard InChI is InChI=1S/C11H22O8/c1-16-4-6(17-2)5-18-11-10(15)9(14)8(13)7(3-12)19-11/h6-15H,3-5H2,1-2H3. The van der Waals surface area contributed by atoms with Crippen LogP contribution in [0.2, 0.25) is 0 Å². The van der Waals surface area contributed by atoms with Crippen molar-refractivity contribution in [1.29, 1.82) is 0 Å². The predicted octanol–water partition coefficient (Wildman–Crippen LogP) is -2.54. The molecule has 0 spiro atoms. The lowest BCUT2D eigenvalue weighted by molar-refractivity contribution is -0.305. The first kappa shape index (κ1) is 16.7. The van der Waals surface area contributed by atoms with Crippen LogP contribution in [0.15, 0.2) is 0 Å². The highest BCUT2D eigenvalue weighted by atomic mass is 16.7. The molecule has 1 aliphatic rings. The first-order valence-corrected chi connectivity index (χ1v) is 5.99. The Hall–Kier alpha value is -0.320. The molecule has 1 saturated heterocycles. The molecule has 0 aliphatic carbocycles. The summed E-state index contributed by atoms with van der Waals surface area (Å²) in [5.74, 6) is 0. The van der Waals surface area contributed by atoms with Crippen molar-refractivity contribution in [2.24, 2.45) is 0 Å². The molecule has 4 N–H and O–H groups in total. The highest BCUT2D eigenvalue weighted by Gasteiger charge is 2.44. The van der Waals surface area contributed by atoms with Crippen molar-refractivity contribution in [2.75, 3.05) is 34.0 Å². The van der Waals surface area contributed by atoms with Gasteiger partial charge in [-0.3, -0.25) is 0 Å². The summed E-state index contributed by atoms with van der Waals surface area (Å²) in [6.07, 6.45) is -6.72. The zero-order valence-electron chi connectivity index (χ0n) is 11.0. The van der Waals surface area contributed by atoms with Gasteiger partial charge in [0.15, 0.2) is 6.29 Å². The van der Waals surface area contributed by atoms with Gasteiger partial charge in [0.1, 0.15) is 30.5 Å². The van der Waals surface area contributed by atoms with Crippen molar-refractivity contribution >= 4 is 0 Å². The Morgan fingerprint density at radius 1 is 1.05 bits per heavy atom. The van der Waals surface area contributed by atoms with E-state index in [0.717, 1.165) is 0 Å². The van der Waals surface area contributed by atoms with E-state index in [1.807, 2.05) is 0 Å². The minimum Gasteiger partial charge on any atom is -0.394 e. The molecule has 114 valence electrons. The average Bonchev–Trinajstić information content (AvgIpc) is 2.42. The van der Waals surface area contributed by atoms with Crippen LogP contribution in [0, 0.1) is 0 Å². The van der Waals surface area contributed by atoms with Gasteiger partial charge in [0, 0.05) is 14.2 Å². The number of hydrogen-bond acceptors (Lipinski definition) is 8. The first-order chi connectivity index (χ1) is 9.04. The molecule has 0 aromatic heterocycles. The molecule has 6 atom stereocenters. The molecule has 6 unspecified atom stereocenters. The van der Waals surface area contributed by atoms with E-state index in [-0.39, 0.29) is 12.7 Å². The molecule has 8 nitrogen and oxygen atoms in total. The third kappa shape index (κ3) is 4.33. The molecular formula is C11H22O8. The summed E-state index contributed by atoms with van der Waals surface area (Å²) in [4.78, 5) is 0. The van der Waals surface area contributed by atoms with Gasteiger partial charge in [-0.25, -0.2) is 0 Å². The maximum atomic E-state index is 9.72. The van der Waals surface area contributed by atoms with Crippen molar-refractivity contribution in [1.82, 2.24) is 0 Å². The van der Waals surface area contributed by atoms with Crippen LogP contribution in [0.25, 0.3) is 0 Å². The minimum absolute atomic E-state index is 0.0764. The molecule has 8 heteroatoms. The fraction of sp³-hybridized carbons (Fsp3) is 1.00. The predicted molar refractivity (Wildman–Crippen MR) is 62.4 cm³/mol. The lowest BCUT2D eigenvalue weighted by Crippen LogP contribution is -2.59. The van der Waals surface area contributed by atoms with Crippen LogP contribution in [0.4, 0.5) is 0 Å². The third-order valence-corrected chi connectivity index (χ3v) is 2.98. The molecule has 1 fully saturated rings. The number of methoxy groups -OCH3 is 2. The molecule has 1 rings (SSSR count). The molecule has 1 aliphatic heterocycles. The van der Waals surface area contributed by atoms with Gasteiger partial charge in [0.25, 0.3) is 0 Å². The lowest BCUT2D eigenvalue weighted by Gasteiger charge is -2.39. The molecule has 0 saturated carbocycles. The van der Waals surface area contributed by atoms with Crippen LogP contribution in [0.1, 0.15) is 0 Å². The van der Waals surface area contributed by atoms with Crippen LogP contribution in [-0.2, 0) is 18.9 Å². The van der Waals surface area contributed by atoms with Crippen LogP contribution in [0.5, 0.6) is 0 Å². The second-order valence-corrected chi connectivity index (χ2v) is 4.34. The zero-order valence-corrected chi connectivity index (χ0v) is 11.0. The summed E-state index contributed by atoms with van der Waals surface area (Å²) in [5.41, 5.74) is 0. The molecule has 0 amide bonds. The van der Waals surface area contributed by atoms with E-state index >= 15 is 0 Å². The number of hydrogen-bond donors (Lipinski definition) is 4. The van der Waals surface area contributed by atoms with Gasteiger partial charge >= 0.3 is 0 Å². The summed E-state index contributed by atoms with van der Waals surface area (Å²) in [5, 5.41) is 37.9. The fourth-order valence-electron chi connectivity index (χ4n) is 1.78. The van der Waals surface area contributed by atoms with Gasteiger partial charge in [0.2, 0.25) is 0 Å². The average molecular weight is 282 g/mol. The smallest absolute Gasteiger partial charge is 0.186 e. The van der Waals surface area contributed by atoms with E-state index in [1.54, 1.807) is 0 Å². The molecule has 1 heterocycles. The van der Waals surface area contributed by atoms with Gasteiger partial charge in [-0.2, -0.15) is 0 Å². The zero-order chi connectivity index (χ0) is 14.4. The van der Waals surface area contributed by atoms with Crippen molar-refractivity contribution in [2.45, 2.75) is 36.8 Å². The lowest BCUT2D eigenvalue weighted by atomic mass is 9.99. The summed E-state index contributed by atoms with van der Waals surface area (Å²) in [6, 6.07) is 0. The van der Waals surface area contributed by atoms with Gasteiger partial charge in [0.05, 0.1) is 19.8 Å². The van der Waals surface area contributed by atoms with Crippen LogP contribution in [-0.4, -0.2) is 91.3 Å². The van der Waals surface area contributed by atoms with Crippen LogP contribution >= 0.6 is 0 Å². The fourth-order valence-corrected chi connectivity index (χ4v) is 1.78. The highest BCUT2D eigenvalue weighted by Crippen LogP contribution is 2.22. The number of aliphatic hydroxyl groups excluding tert-OH is 4. The molecule has 0 radical (unpaired) electrons. The van der Waals surface area contributed by atoms with Crippen molar-refractivity contribution in [3.8, 4) is 0 Å². The summed E-state index contributed by atoms with van der Waals surface area (Å²) in [7, 11) is 3.00. The number of ether oxygens (including phenoxy) is 4. The Labute approximate surface area is 111 Å². The summed E-state index contributed by atoms with van der Waals surface area (Å²) >= 11 is 0. The normalized spacial score (nSPS) is 37.3. The van der Waals surface area contributed by atoms with Gasteiger partial charge in [-0.15, -0.1) is 0 Å². The summed E-state index contributed by atoms with van der Waals surface area (Å²) < 4.78 is 20.4. The Kier molecular flexibility index (Phi) is 7.11. The number of aliphatic hydroxyl groups is 4. The largest absolute Gasteiger partial charge is 0.394 e. The quantitative estimate of drug-likeness (QED) is 0.403. The van der Waals surface area contributed by atoms with E-state index in [1.165, 1.54) is 14.2 Å². The third-order valence-electron chi connectivity index (χ3n) is 2.98. The maximum absolute atomic E-state index is 9.72. The monoisotopic (exact) mass is 282 g/mol. The molecule has 19 heavy (non-hydrogen) atoms. The van der Waals surface area contributed by atoms with Crippen LogP contribution < -0.4 is 0 Å². The topological polar surface area (TPSA) is 118 Å². The van der Waals surface area contributed by atoms with E-state index in [4.69, 9.17) is 24.1 Å². The SMILES string of the molecule is COCC(COC1OC(CO)C(O)C(O)C1O)OC. The summed E-state index contributed by atoms with van der Waals surface area (Å²) in [6.45, 7) is -0.114. The maximum Gasteiger partial charge on any atom is 0.186 e. The molecule has 0 aromatic rings. The second kappa shape index (κ2) is 8.08. The van der Waals surface area contributed by atoms with E-state index in [0.29, 0.717) is 6.61 Å². The number of rotatable bonds is 7. The highest BCUT2D eigenvalue weighted by molar-refractivity contribution is 4.88.